The minimum absolute atomic E-state index is 0.0398. The van der Waals surface area contributed by atoms with Crippen LogP contribution in [-0.2, 0) is 4.74 Å². The van der Waals surface area contributed by atoms with Crippen LogP contribution >= 0.6 is 11.8 Å². The molecule has 1 heterocycles. The lowest BCUT2D eigenvalue weighted by Gasteiger charge is -2.39. The number of carbonyl (C=O) groups is 1. The molecule has 0 spiro atoms. The van der Waals surface area contributed by atoms with Gasteiger partial charge in [0.2, 0.25) is 0 Å². The van der Waals surface area contributed by atoms with E-state index in [2.05, 4.69) is 5.32 Å². The summed E-state index contributed by atoms with van der Waals surface area (Å²) in [5, 5.41) is 3.12. The fourth-order valence-corrected chi connectivity index (χ4v) is 3.17. The number of carbonyl (C=O) groups excluding carboxylic acids is 1. The first-order chi connectivity index (χ1) is 8.78. The lowest BCUT2D eigenvalue weighted by atomic mass is 9.76. The maximum absolute atomic E-state index is 12.1. The third-order valence-corrected chi connectivity index (χ3v) is 4.68. The summed E-state index contributed by atoms with van der Waals surface area (Å²) >= 11 is 1.68. The van der Waals surface area contributed by atoms with Gasteiger partial charge in [-0.15, -0.1) is 11.8 Å². The van der Waals surface area contributed by atoms with Crippen LogP contribution in [-0.4, -0.2) is 30.9 Å². The van der Waals surface area contributed by atoms with Crippen molar-refractivity contribution in [2.24, 2.45) is 5.92 Å². The van der Waals surface area contributed by atoms with Gasteiger partial charge >= 0.3 is 0 Å². The first-order valence-electron chi connectivity index (χ1n) is 6.34. The van der Waals surface area contributed by atoms with Crippen LogP contribution in [0.2, 0.25) is 0 Å². The Bertz CT molecular complexity index is 446. The highest BCUT2D eigenvalue weighted by atomic mass is 32.2. The van der Waals surface area contributed by atoms with Crippen LogP contribution in [0.1, 0.15) is 23.2 Å². The Morgan fingerprint density at radius 2 is 2.17 bits per heavy atom. The molecule has 0 radical (unpaired) electrons. The van der Waals surface area contributed by atoms with Crippen LogP contribution in [0, 0.1) is 5.92 Å². The van der Waals surface area contributed by atoms with Gasteiger partial charge in [-0.1, -0.05) is 0 Å². The molecule has 1 aliphatic carbocycles. The summed E-state index contributed by atoms with van der Waals surface area (Å²) < 4.78 is 5.55. The summed E-state index contributed by atoms with van der Waals surface area (Å²) in [5.41, 5.74) is 0.746. The molecule has 2 aliphatic rings. The number of fused-ring (bicyclic) bond motifs is 1. The van der Waals surface area contributed by atoms with Crippen molar-refractivity contribution in [2.75, 3.05) is 12.9 Å². The average molecular weight is 263 g/mol. The summed E-state index contributed by atoms with van der Waals surface area (Å²) in [6.45, 7) is 0.851. The molecule has 1 amide bonds. The largest absolute Gasteiger partial charge is 0.378 e. The normalized spacial score (nSPS) is 29.5. The van der Waals surface area contributed by atoms with E-state index in [0.29, 0.717) is 18.1 Å². The molecule has 18 heavy (non-hydrogen) atoms. The lowest BCUT2D eigenvalue weighted by molar-refractivity contribution is 0.00810. The van der Waals surface area contributed by atoms with E-state index < -0.39 is 0 Å². The van der Waals surface area contributed by atoms with E-state index in [0.717, 1.165) is 25.0 Å². The second-order valence-corrected chi connectivity index (χ2v) is 5.79. The smallest absolute Gasteiger partial charge is 0.251 e. The van der Waals surface area contributed by atoms with Gasteiger partial charge in [0.05, 0.1) is 6.10 Å². The zero-order valence-electron chi connectivity index (χ0n) is 10.4. The van der Waals surface area contributed by atoms with E-state index in [9.17, 15) is 4.79 Å². The highest BCUT2D eigenvalue weighted by Gasteiger charge is 2.45. The van der Waals surface area contributed by atoms with Crippen molar-refractivity contribution in [3.05, 3.63) is 29.8 Å². The van der Waals surface area contributed by atoms with Crippen molar-refractivity contribution in [1.82, 2.24) is 5.32 Å². The van der Waals surface area contributed by atoms with Gasteiger partial charge in [0.25, 0.3) is 5.91 Å². The lowest BCUT2D eigenvalue weighted by Crippen LogP contribution is -2.53. The molecule has 3 atom stereocenters. The highest BCUT2D eigenvalue weighted by molar-refractivity contribution is 7.98. The molecule has 3 nitrogen and oxygen atoms in total. The fraction of sp³-hybridized carbons (Fsp3) is 0.500. The Kier molecular flexibility index (Phi) is 3.31. The van der Waals surface area contributed by atoms with E-state index in [1.807, 2.05) is 30.5 Å². The Morgan fingerprint density at radius 1 is 1.39 bits per heavy atom. The van der Waals surface area contributed by atoms with Gasteiger partial charge in [0.1, 0.15) is 0 Å². The molecular formula is C14H17NO2S. The number of ether oxygens (including phenoxy) is 1. The zero-order chi connectivity index (χ0) is 12.5. The van der Waals surface area contributed by atoms with Gasteiger partial charge in [-0.05, 0) is 43.4 Å². The molecule has 0 bridgehead atoms. The fourth-order valence-electron chi connectivity index (χ4n) is 2.76. The predicted molar refractivity (Wildman–Crippen MR) is 71.9 cm³/mol. The van der Waals surface area contributed by atoms with Crippen LogP contribution in [0.25, 0.3) is 0 Å². The van der Waals surface area contributed by atoms with Crippen LogP contribution < -0.4 is 5.32 Å². The average Bonchev–Trinajstić information content (AvgIpc) is 2.77. The zero-order valence-corrected chi connectivity index (χ0v) is 11.2. The van der Waals surface area contributed by atoms with E-state index >= 15 is 0 Å². The van der Waals surface area contributed by atoms with Gasteiger partial charge < -0.3 is 10.1 Å². The Labute approximate surface area is 111 Å². The van der Waals surface area contributed by atoms with Crippen molar-refractivity contribution in [3.63, 3.8) is 0 Å². The Balaban J connectivity index is 1.60. The van der Waals surface area contributed by atoms with E-state index in [4.69, 9.17) is 4.74 Å². The molecule has 4 heteroatoms. The predicted octanol–water partition coefficient (Wildman–Crippen LogP) is 2.32. The first-order valence-corrected chi connectivity index (χ1v) is 7.57. The van der Waals surface area contributed by atoms with Gasteiger partial charge in [-0.3, -0.25) is 4.79 Å². The second kappa shape index (κ2) is 4.94. The number of benzene rings is 1. The van der Waals surface area contributed by atoms with Crippen molar-refractivity contribution in [2.45, 2.75) is 29.9 Å². The van der Waals surface area contributed by atoms with Crippen molar-refractivity contribution in [3.8, 4) is 0 Å². The Morgan fingerprint density at radius 3 is 2.83 bits per heavy atom. The van der Waals surface area contributed by atoms with E-state index in [1.54, 1.807) is 11.8 Å². The number of rotatable bonds is 3. The number of thioether (sulfide) groups is 1. The molecule has 1 aromatic rings. The van der Waals surface area contributed by atoms with Gasteiger partial charge in [-0.25, -0.2) is 0 Å². The molecule has 0 unspecified atom stereocenters. The molecule has 1 N–H and O–H groups in total. The second-order valence-electron chi connectivity index (χ2n) is 4.91. The van der Waals surface area contributed by atoms with E-state index in [1.165, 1.54) is 4.90 Å². The molecule has 1 aromatic carbocycles. The number of amides is 1. The molecule has 1 saturated heterocycles. The molecule has 3 rings (SSSR count). The van der Waals surface area contributed by atoms with Crippen LogP contribution in [0.15, 0.2) is 29.2 Å². The van der Waals surface area contributed by atoms with Crippen LogP contribution in [0.3, 0.4) is 0 Å². The van der Waals surface area contributed by atoms with Crippen molar-refractivity contribution < 1.29 is 9.53 Å². The third-order valence-electron chi connectivity index (χ3n) is 3.93. The van der Waals surface area contributed by atoms with Crippen molar-refractivity contribution >= 4 is 17.7 Å². The maximum atomic E-state index is 12.1. The van der Waals surface area contributed by atoms with Gasteiger partial charge in [-0.2, -0.15) is 0 Å². The van der Waals surface area contributed by atoms with E-state index in [-0.39, 0.29) is 5.91 Å². The number of hydrogen-bond acceptors (Lipinski definition) is 3. The highest BCUT2D eigenvalue weighted by Crippen LogP contribution is 2.38. The molecule has 1 saturated carbocycles. The molecule has 1 aliphatic heterocycles. The van der Waals surface area contributed by atoms with Gasteiger partial charge in [0, 0.05) is 29.0 Å². The third kappa shape index (κ3) is 2.15. The van der Waals surface area contributed by atoms with Crippen molar-refractivity contribution in [1.29, 1.82) is 0 Å². The maximum Gasteiger partial charge on any atom is 0.251 e. The minimum atomic E-state index is 0.0398. The summed E-state index contributed by atoms with van der Waals surface area (Å²) in [6.07, 6.45) is 4.48. The molecule has 2 fully saturated rings. The number of nitrogens with one attached hydrogen (secondary N) is 1. The van der Waals surface area contributed by atoms with Crippen LogP contribution in [0.4, 0.5) is 0 Å². The topological polar surface area (TPSA) is 38.3 Å². The molecule has 0 aromatic heterocycles. The first kappa shape index (κ1) is 12.1. The summed E-state index contributed by atoms with van der Waals surface area (Å²) in [6, 6.07) is 8.07. The summed E-state index contributed by atoms with van der Waals surface area (Å²) in [7, 11) is 0. The monoisotopic (exact) mass is 263 g/mol. The minimum Gasteiger partial charge on any atom is -0.378 e. The summed E-state index contributed by atoms with van der Waals surface area (Å²) in [5.74, 6) is 0.581. The Hall–Kier alpha value is -1.00. The van der Waals surface area contributed by atoms with Gasteiger partial charge in [0.15, 0.2) is 0 Å². The number of hydrogen-bond donors (Lipinski definition) is 1. The standard InChI is InChI=1S/C14H17NO2S/c1-18-10-4-2-9(3-5-10)14(16)15-12-8-13-11(12)6-7-17-13/h2-5,11-13H,6-8H2,1H3,(H,15,16)/t11-,12+,13+/m1/s1. The molecule has 96 valence electrons. The SMILES string of the molecule is CSc1ccc(C(=O)N[C@H]2C[C@@H]3OCC[C@H]23)cc1. The van der Waals surface area contributed by atoms with Crippen LogP contribution in [0.5, 0.6) is 0 Å². The molecular weight excluding hydrogens is 246 g/mol. The quantitative estimate of drug-likeness (QED) is 0.851. The summed E-state index contributed by atoms with van der Waals surface area (Å²) in [4.78, 5) is 13.3.